The molecule has 1 fully saturated rings. The molecule has 0 spiro atoms. The highest BCUT2D eigenvalue weighted by Crippen LogP contribution is 2.39. The van der Waals surface area contributed by atoms with Crippen LogP contribution in [0.5, 0.6) is 0 Å². The first-order valence-corrected chi connectivity index (χ1v) is 6.11. The number of ketones is 1. The Hall–Kier alpha value is 0.0200. The van der Waals surface area contributed by atoms with Crippen molar-refractivity contribution in [1.82, 2.24) is 0 Å². The summed E-state index contributed by atoms with van der Waals surface area (Å²) in [7, 11) is 0. The summed E-state index contributed by atoms with van der Waals surface area (Å²) in [4.78, 5) is 11.7. The second-order valence-electron chi connectivity index (χ2n) is 3.93. The van der Waals surface area contributed by atoms with E-state index in [0.29, 0.717) is 5.78 Å². The van der Waals surface area contributed by atoms with Crippen LogP contribution in [0.1, 0.15) is 39.0 Å². The van der Waals surface area contributed by atoms with Gasteiger partial charge in [-0.2, -0.15) is 11.8 Å². The molecule has 1 aliphatic carbocycles. The third-order valence-electron chi connectivity index (χ3n) is 2.91. The van der Waals surface area contributed by atoms with Gasteiger partial charge >= 0.3 is 0 Å². The largest absolute Gasteiger partial charge is 0.299 e. The van der Waals surface area contributed by atoms with Gasteiger partial charge in [0.05, 0.1) is 0 Å². The lowest BCUT2D eigenvalue weighted by Gasteiger charge is -2.21. The van der Waals surface area contributed by atoms with Gasteiger partial charge in [-0.15, -0.1) is 0 Å². The summed E-state index contributed by atoms with van der Waals surface area (Å²) in [5, 5.41) is 0. The Morgan fingerprint density at radius 2 is 2.00 bits per heavy atom. The molecule has 1 saturated carbocycles. The lowest BCUT2D eigenvalue weighted by Crippen LogP contribution is -2.24. The zero-order valence-electron chi connectivity index (χ0n) is 8.06. The molecule has 0 unspecified atom stereocenters. The molecule has 0 aromatic heterocycles. The van der Waals surface area contributed by atoms with Crippen LogP contribution in [-0.2, 0) is 4.79 Å². The van der Waals surface area contributed by atoms with E-state index in [2.05, 4.69) is 13.2 Å². The third kappa shape index (κ3) is 2.25. The second kappa shape index (κ2) is 4.31. The average Bonchev–Trinajstić information content (AvgIpc) is 2.49. The topological polar surface area (TPSA) is 17.1 Å². The van der Waals surface area contributed by atoms with Crippen molar-refractivity contribution < 1.29 is 4.79 Å². The van der Waals surface area contributed by atoms with E-state index in [1.807, 2.05) is 0 Å². The zero-order valence-corrected chi connectivity index (χ0v) is 8.88. The molecule has 0 aliphatic heterocycles. The number of carbonyl (C=O) groups is 1. The van der Waals surface area contributed by atoms with Crippen molar-refractivity contribution in [2.45, 2.75) is 39.0 Å². The highest BCUT2D eigenvalue weighted by molar-refractivity contribution is 7.98. The minimum atomic E-state index is 0.0513. The van der Waals surface area contributed by atoms with E-state index >= 15 is 0 Å². The van der Waals surface area contributed by atoms with E-state index in [9.17, 15) is 4.79 Å². The van der Waals surface area contributed by atoms with Crippen LogP contribution in [0.15, 0.2) is 0 Å². The fourth-order valence-corrected chi connectivity index (χ4v) is 2.32. The van der Waals surface area contributed by atoms with Crippen molar-refractivity contribution in [3.8, 4) is 0 Å². The Morgan fingerprint density at radius 3 is 2.50 bits per heavy atom. The fourth-order valence-electron chi connectivity index (χ4n) is 1.93. The molecule has 1 aliphatic rings. The molecule has 0 atom stereocenters. The van der Waals surface area contributed by atoms with Crippen molar-refractivity contribution in [2.24, 2.45) is 5.41 Å². The van der Waals surface area contributed by atoms with Crippen LogP contribution in [-0.4, -0.2) is 17.8 Å². The normalized spacial score (nSPS) is 21.2. The highest BCUT2D eigenvalue weighted by atomic mass is 32.2. The Balaban J connectivity index is 2.39. The van der Waals surface area contributed by atoms with Crippen LogP contribution in [0.2, 0.25) is 0 Å². The average molecular weight is 186 g/mol. The first kappa shape index (κ1) is 10.1. The highest BCUT2D eigenvalue weighted by Gasteiger charge is 2.34. The maximum atomic E-state index is 11.7. The Kier molecular flexibility index (Phi) is 3.63. The van der Waals surface area contributed by atoms with Gasteiger partial charge in [0, 0.05) is 11.8 Å². The summed E-state index contributed by atoms with van der Waals surface area (Å²) in [6.45, 7) is 2.14. The summed E-state index contributed by atoms with van der Waals surface area (Å²) in [6, 6.07) is 0. The zero-order chi connectivity index (χ0) is 9.03. The van der Waals surface area contributed by atoms with Gasteiger partial charge in [0.2, 0.25) is 0 Å². The summed E-state index contributed by atoms with van der Waals surface area (Å²) >= 11 is 1.77. The predicted molar refractivity (Wildman–Crippen MR) is 54.6 cm³/mol. The van der Waals surface area contributed by atoms with Crippen LogP contribution in [0.25, 0.3) is 0 Å². The number of Topliss-reactive ketones (excluding diaryl/α,β-unsaturated/α-hetero) is 1. The molecule has 0 radical (unpaired) electrons. The first-order valence-electron chi connectivity index (χ1n) is 4.71. The van der Waals surface area contributed by atoms with Gasteiger partial charge in [-0.3, -0.25) is 4.79 Å². The Morgan fingerprint density at radius 1 is 1.42 bits per heavy atom. The fraction of sp³-hybridized carbons (Fsp3) is 0.900. The van der Waals surface area contributed by atoms with E-state index in [1.165, 1.54) is 12.8 Å². The summed E-state index contributed by atoms with van der Waals surface area (Å²) in [5.41, 5.74) is 0.0513. The van der Waals surface area contributed by atoms with Gasteiger partial charge in [0.25, 0.3) is 0 Å². The molecule has 0 bridgehead atoms. The van der Waals surface area contributed by atoms with Gasteiger partial charge < -0.3 is 0 Å². The molecule has 70 valence electrons. The van der Waals surface area contributed by atoms with Crippen molar-refractivity contribution >= 4 is 17.5 Å². The van der Waals surface area contributed by atoms with Gasteiger partial charge in [0.1, 0.15) is 5.78 Å². The standard InChI is InChI=1S/C10H18OS/c1-10(6-3-4-7-10)9(11)5-8-12-2/h3-8H2,1-2H3. The van der Waals surface area contributed by atoms with Gasteiger partial charge in [-0.1, -0.05) is 19.8 Å². The smallest absolute Gasteiger partial charge is 0.139 e. The van der Waals surface area contributed by atoms with Crippen molar-refractivity contribution in [3.63, 3.8) is 0 Å². The quantitative estimate of drug-likeness (QED) is 0.671. The van der Waals surface area contributed by atoms with E-state index in [4.69, 9.17) is 0 Å². The molecule has 1 nitrogen and oxygen atoms in total. The minimum absolute atomic E-state index is 0.0513. The maximum absolute atomic E-state index is 11.7. The summed E-state index contributed by atoms with van der Waals surface area (Å²) in [5.74, 6) is 1.49. The predicted octanol–water partition coefficient (Wildman–Crippen LogP) is 2.89. The van der Waals surface area contributed by atoms with Crippen LogP contribution >= 0.6 is 11.8 Å². The molecule has 0 saturated heterocycles. The number of hydrogen-bond donors (Lipinski definition) is 0. The molecule has 12 heavy (non-hydrogen) atoms. The summed E-state index contributed by atoms with van der Waals surface area (Å²) in [6.07, 6.45) is 7.59. The third-order valence-corrected chi connectivity index (χ3v) is 3.53. The molecule has 0 amide bonds. The van der Waals surface area contributed by atoms with Crippen molar-refractivity contribution in [2.75, 3.05) is 12.0 Å². The molecular weight excluding hydrogens is 168 g/mol. The van der Waals surface area contributed by atoms with Crippen LogP contribution in [0.4, 0.5) is 0 Å². The molecule has 0 aromatic carbocycles. The van der Waals surface area contributed by atoms with Crippen LogP contribution in [0.3, 0.4) is 0 Å². The number of hydrogen-bond acceptors (Lipinski definition) is 2. The Labute approximate surface area is 79.3 Å². The van der Waals surface area contributed by atoms with Crippen LogP contribution in [0, 0.1) is 5.41 Å². The molecular formula is C10H18OS. The number of rotatable bonds is 4. The monoisotopic (exact) mass is 186 g/mol. The van der Waals surface area contributed by atoms with E-state index < -0.39 is 0 Å². The lowest BCUT2D eigenvalue weighted by molar-refractivity contribution is -0.127. The summed E-state index contributed by atoms with van der Waals surface area (Å²) < 4.78 is 0. The van der Waals surface area contributed by atoms with E-state index in [1.54, 1.807) is 11.8 Å². The van der Waals surface area contributed by atoms with Crippen molar-refractivity contribution in [3.05, 3.63) is 0 Å². The molecule has 0 aromatic rings. The van der Waals surface area contributed by atoms with Gasteiger partial charge in [-0.05, 0) is 24.9 Å². The maximum Gasteiger partial charge on any atom is 0.139 e. The van der Waals surface area contributed by atoms with Crippen molar-refractivity contribution in [1.29, 1.82) is 0 Å². The Bertz CT molecular complexity index is 159. The molecule has 2 heteroatoms. The van der Waals surface area contributed by atoms with E-state index in [0.717, 1.165) is 25.0 Å². The number of thioether (sulfide) groups is 1. The van der Waals surface area contributed by atoms with E-state index in [-0.39, 0.29) is 5.41 Å². The lowest BCUT2D eigenvalue weighted by atomic mass is 9.83. The SMILES string of the molecule is CSCCC(=O)C1(C)CCCC1. The second-order valence-corrected chi connectivity index (χ2v) is 4.92. The number of carbonyl (C=O) groups excluding carboxylic acids is 1. The minimum Gasteiger partial charge on any atom is -0.299 e. The molecule has 1 rings (SSSR count). The molecule has 0 heterocycles. The van der Waals surface area contributed by atoms with Gasteiger partial charge in [0.15, 0.2) is 0 Å². The van der Waals surface area contributed by atoms with Crippen LogP contribution < -0.4 is 0 Å². The molecule has 0 N–H and O–H groups in total. The van der Waals surface area contributed by atoms with Gasteiger partial charge in [-0.25, -0.2) is 0 Å². The first-order chi connectivity index (χ1) is 5.69.